The van der Waals surface area contributed by atoms with Crippen LogP contribution < -0.4 is 10.6 Å². The van der Waals surface area contributed by atoms with Gasteiger partial charge in [0.05, 0.1) is 72.7 Å². The van der Waals surface area contributed by atoms with Crippen LogP contribution in [0.1, 0.15) is 130 Å². The highest BCUT2D eigenvalue weighted by atomic mass is 16.6. The van der Waals surface area contributed by atoms with E-state index in [-0.39, 0.29) is 61.8 Å². The summed E-state index contributed by atoms with van der Waals surface area (Å²) in [4.78, 5) is 52.1. The highest BCUT2D eigenvalue weighted by Gasteiger charge is 2.15. The number of hydrogen-bond acceptors (Lipinski definition) is 10. The minimum absolute atomic E-state index is 0.0591. The fourth-order valence-electron chi connectivity index (χ4n) is 4.86. The molecule has 316 valence electrons. The van der Waals surface area contributed by atoms with Crippen molar-refractivity contribution >= 4 is 29.4 Å². The summed E-state index contributed by atoms with van der Waals surface area (Å²) >= 11 is 0. The fourth-order valence-corrected chi connectivity index (χ4v) is 4.86. The van der Waals surface area contributed by atoms with Crippen molar-refractivity contribution in [2.24, 2.45) is 10.4 Å². The van der Waals surface area contributed by atoms with Gasteiger partial charge in [-0.3, -0.25) is 19.2 Å². The van der Waals surface area contributed by atoms with Crippen molar-refractivity contribution in [3.05, 3.63) is 0 Å². The molecule has 0 fully saturated rings. The summed E-state index contributed by atoms with van der Waals surface area (Å²) in [6.45, 7) is 15.1. The molecule has 0 saturated heterocycles. The van der Waals surface area contributed by atoms with Gasteiger partial charge in [0, 0.05) is 45.4 Å². The fraction of sp³-hybridized carbons (Fsp3) is 0.875. The van der Waals surface area contributed by atoms with Gasteiger partial charge in [-0.1, -0.05) is 79.1 Å². The van der Waals surface area contributed by atoms with Gasteiger partial charge in [-0.2, -0.15) is 0 Å². The Morgan fingerprint density at radius 1 is 0.519 bits per heavy atom. The summed E-state index contributed by atoms with van der Waals surface area (Å²) in [6, 6.07) is 0. The normalized spacial score (nSPS) is 11.9. The lowest BCUT2D eigenvalue weighted by Gasteiger charge is -2.17. The van der Waals surface area contributed by atoms with Crippen LogP contribution in [0.4, 0.5) is 0 Å². The summed E-state index contributed by atoms with van der Waals surface area (Å²) in [5.41, 5.74) is 0.340. The Hall–Kier alpha value is -2.49. The van der Waals surface area contributed by atoms with E-state index in [2.05, 4.69) is 36.4 Å². The third-order valence-electron chi connectivity index (χ3n) is 8.13. The number of nitrogens with zero attached hydrogens (tertiary/aromatic N) is 1. The average Bonchev–Trinajstić information content (AvgIpc) is 3.12. The number of aliphatic carboxylic acids is 1. The smallest absolute Gasteiger partial charge is 0.303 e. The van der Waals surface area contributed by atoms with Gasteiger partial charge in [0.15, 0.2) is 0 Å². The van der Waals surface area contributed by atoms with Crippen LogP contribution in [0.15, 0.2) is 4.99 Å². The lowest BCUT2D eigenvalue weighted by atomic mass is 9.93. The molecular formula is C40H75N3O11. The maximum absolute atomic E-state index is 12.8. The van der Waals surface area contributed by atoms with Crippen LogP contribution in [0.5, 0.6) is 0 Å². The number of hydrogen-bond donors (Lipinski definition) is 3. The molecular weight excluding hydrogens is 698 g/mol. The van der Waals surface area contributed by atoms with Crippen LogP contribution in [-0.4, -0.2) is 127 Å². The number of carboxylic acids is 1. The first-order chi connectivity index (χ1) is 26.0. The van der Waals surface area contributed by atoms with Gasteiger partial charge >= 0.3 is 5.97 Å². The van der Waals surface area contributed by atoms with Crippen LogP contribution in [0.3, 0.4) is 0 Å². The van der Waals surface area contributed by atoms with Gasteiger partial charge in [0.25, 0.3) is 5.91 Å². The topological polar surface area (TPSA) is 180 Å². The minimum atomic E-state index is -0.728. The average molecular weight is 774 g/mol. The Morgan fingerprint density at radius 3 is 1.46 bits per heavy atom. The molecule has 3 amide bonds. The quantitative estimate of drug-likeness (QED) is 0.0517. The largest absolute Gasteiger partial charge is 0.481 e. The molecule has 0 aromatic rings. The van der Waals surface area contributed by atoms with Gasteiger partial charge in [-0.05, 0) is 31.1 Å². The van der Waals surface area contributed by atoms with Crippen molar-refractivity contribution in [2.75, 3.05) is 92.4 Å². The molecule has 14 heteroatoms. The standard InChI is InChI=1S/C40H75N3O11/c1-5-6-16-37(45)43-35(18-19-36(44)41-21-15-13-11-9-7-8-10-12-14-17-38(46)47)39(48)42-22-24-50-26-28-52-30-32-54-34-33-53-31-29-51-27-25-49-23-20-40(2,3)4/h5-34H2,1-4H3,(H,41,44)(H,42,48)(H,46,47). The molecule has 0 aliphatic heterocycles. The number of unbranched alkanes of at least 4 members (excludes halogenated alkanes) is 9. The molecule has 0 aliphatic rings. The Balaban J connectivity index is 3.92. The molecule has 0 aromatic carbocycles. The third-order valence-corrected chi connectivity index (χ3v) is 8.13. The van der Waals surface area contributed by atoms with E-state index in [1.165, 1.54) is 0 Å². The first kappa shape index (κ1) is 51.5. The van der Waals surface area contributed by atoms with E-state index in [1.54, 1.807) is 0 Å². The zero-order valence-electron chi connectivity index (χ0n) is 34.2. The molecule has 0 rings (SSSR count). The lowest BCUT2D eigenvalue weighted by Crippen LogP contribution is -2.35. The summed E-state index contributed by atoms with van der Waals surface area (Å²) in [6.07, 6.45) is 12.4. The van der Waals surface area contributed by atoms with Gasteiger partial charge in [-0.25, -0.2) is 4.99 Å². The summed E-state index contributed by atoms with van der Waals surface area (Å²) in [5, 5.41) is 14.3. The van der Waals surface area contributed by atoms with Crippen molar-refractivity contribution in [3.63, 3.8) is 0 Å². The Labute approximate surface area is 325 Å². The van der Waals surface area contributed by atoms with E-state index >= 15 is 0 Å². The molecule has 0 aliphatic carbocycles. The van der Waals surface area contributed by atoms with Crippen molar-refractivity contribution in [1.82, 2.24) is 10.6 Å². The molecule has 0 radical (unpaired) electrons. The molecule has 3 N–H and O–H groups in total. The van der Waals surface area contributed by atoms with E-state index < -0.39 is 11.9 Å². The van der Waals surface area contributed by atoms with Crippen molar-refractivity contribution < 1.29 is 52.7 Å². The number of aliphatic imine (C=N–C) groups is 1. The van der Waals surface area contributed by atoms with Gasteiger partial charge < -0.3 is 44.2 Å². The van der Waals surface area contributed by atoms with Crippen molar-refractivity contribution in [3.8, 4) is 0 Å². The minimum Gasteiger partial charge on any atom is -0.481 e. The summed E-state index contributed by atoms with van der Waals surface area (Å²) < 4.78 is 33.1. The molecule has 54 heavy (non-hydrogen) atoms. The lowest BCUT2D eigenvalue weighted by molar-refractivity contribution is -0.137. The molecule has 0 spiro atoms. The first-order valence-corrected chi connectivity index (χ1v) is 20.4. The highest BCUT2D eigenvalue weighted by Crippen LogP contribution is 2.17. The number of carboxylic acid groups (broad SMARTS) is 1. The number of nitrogens with one attached hydrogen (secondary N) is 2. The van der Waals surface area contributed by atoms with Crippen molar-refractivity contribution in [1.29, 1.82) is 0 Å². The van der Waals surface area contributed by atoms with E-state index in [9.17, 15) is 19.2 Å². The van der Waals surface area contributed by atoms with Crippen LogP contribution in [0.25, 0.3) is 0 Å². The first-order valence-electron chi connectivity index (χ1n) is 20.4. The summed E-state index contributed by atoms with van der Waals surface area (Å²) in [5.74, 6) is -1.74. The monoisotopic (exact) mass is 774 g/mol. The predicted molar refractivity (Wildman–Crippen MR) is 210 cm³/mol. The number of carbonyl (C=O) groups excluding carboxylic acids is 3. The third kappa shape index (κ3) is 39.2. The SMILES string of the molecule is CCCCC(=O)N=C(CCC(=O)NCCCCCCCCCCCC(=O)O)C(=O)NCCOCCOCCOCCOCCOCCOCCC(C)(C)C. The Kier molecular flexibility index (Phi) is 35.7. The number of rotatable bonds is 39. The van der Waals surface area contributed by atoms with Crippen LogP contribution >= 0.6 is 0 Å². The Bertz CT molecular complexity index is 973. The predicted octanol–water partition coefficient (Wildman–Crippen LogP) is 5.68. The number of ether oxygens (including phenoxy) is 6. The molecule has 0 unspecified atom stereocenters. The molecule has 14 nitrogen and oxygen atoms in total. The zero-order chi connectivity index (χ0) is 40.0. The van der Waals surface area contributed by atoms with Gasteiger partial charge in [-0.15, -0.1) is 0 Å². The maximum atomic E-state index is 12.8. The second-order valence-corrected chi connectivity index (χ2v) is 14.5. The van der Waals surface area contributed by atoms with Crippen LogP contribution in [-0.2, 0) is 47.6 Å². The van der Waals surface area contributed by atoms with E-state index in [0.29, 0.717) is 79.0 Å². The second kappa shape index (κ2) is 37.4. The number of amides is 3. The van der Waals surface area contributed by atoms with Crippen LogP contribution in [0, 0.1) is 5.41 Å². The Morgan fingerprint density at radius 2 is 0.981 bits per heavy atom. The van der Waals surface area contributed by atoms with Gasteiger partial charge in [0.1, 0.15) is 5.71 Å². The molecule has 0 aromatic heterocycles. The summed E-state index contributed by atoms with van der Waals surface area (Å²) in [7, 11) is 0. The molecule has 0 atom stereocenters. The maximum Gasteiger partial charge on any atom is 0.303 e. The van der Waals surface area contributed by atoms with E-state index in [0.717, 1.165) is 77.2 Å². The second-order valence-electron chi connectivity index (χ2n) is 14.5. The molecule has 0 saturated carbocycles. The molecule has 0 heterocycles. The number of carbonyl (C=O) groups is 4. The van der Waals surface area contributed by atoms with Crippen LogP contribution in [0.2, 0.25) is 0 Å². The van der Waals surface area contributed by atoms with Gasteiger partial charge in [0.2, 0.25) is 11.8 Å². The van der Waals surface area contributed by atoms with Crippen molar-refractivity contribution in [2.45, 2.75) is 130 Å². The van der Waals surface area contributed by atoms with E-state index in [1.807, 2.05) is 6.92 Å². The molecule has 0 bridgehead atoms. The highest BCUT2D eigenvalue weighted by molar-refractivity contribution is 6.40. The zero-order valence-corrected chi connectivity index (χ0v) is 34.2. The van der Waals surface area contributed by atoms with E-state index in [4.69, 9.17) is 33.5 Å².